The summed E-state index contributed by atoms with van der Waals surface area (Å²) in [6.45, 7) is 3.13. The first-order chi connectivity index (χ1) is 15.0. The maximum atomic E-state index is 14.1. The average molecular weight is 466 g/mol. The summed E-state index contributed by atoms with van der Waals surface area (Å²) in [6.07, 6.45) is -1.54. The van der Waals surface area contributed by atoms with Gasteiger partial charge in [-0.05, 0) is 30.0 Å². The SMILES string of the molecule is CC(C)[C@H](OC(=O)[C@H](Cc1ccccc1)NS(=O)(=O)c1ccccc1F)C(=O)NC(N)=O. The van der Waals surface area contributed by atoms with Crippen LogP contribution in [0.25, 0.3) is 0 Å². The van der Waals surface area contributed by atoms with Gasteiger partial charge in [-0.1, -0.05) is 56.3 Å². The van der Waals surface area contributed by atoms with Crippen molar-refractivity contribution in [3.05, 3.63) is 66.0 Å². The van der Waals surface area contributed by atoms with Gasteiger partial charge >= 0.3 is 12.0 Å². The second-order valence-electron chi connectivity index (χ2n) is 7.25. The van der Waals surface area contributed by atoms with E-state index in [2.05, 4.69) is 4.72 Å². The van der Waals surface area contributed by atoms with Crippen LogP contribution in [0.5, 0.6) is 0 Å². The van der Waals surface area contributed by atoms with Crippen molar-refractivity contribution in [2.45, 2.75) is 37.3 Å². The Balaban J connectivity index is 2.33. The predicted octanol–water partition coefficient (Wildman–Crippen LogP) is 1.48. The van der Waals surface area contributed by atoms with Crippen LogP contribution >= 0.6 is 0 Å². The quantitative estimate of drug-likeness (QED) is 0.479. The number of benzene rings is 2. The van der Waals surface area contributed by atoms with E-state index in [-0.39, 0.29) is 6.42 Å². The molecule has 0 saturated heterocycles. The number of hydrogen-bond donors (Lipinski definition) is 3. The van der Waals surface area contributed by atoms with E-state index in [0.29, 0.717) is 5.56 Å². The van der Waals surface area contributed by atoms with Gasteiger partial charge in [-0.3, -0.25) is 14.9 Å². The number of primary amides is 1. The number of amides is 3. The van der Waals surface area contributed by atoms with E-state index in [0.717, 1.165) is 12.1 Å². The molecule has 9 nitrogen and oxygen atoms in total. The molecule has 4 N–H and O–H groups in total. The third-order valence-corrected chi connectivity index (χ3v) is 5.85. The Morgan fingerprint density at radius 2 is 1.62 bits per heavy atom. The number of urea groups is 1. The molecule has 2 aromatic rings. The number of sulfonamides is 1. The van der Waals surface area contributed by atoms with Gasteiger partial charge in [-0.2, -0.15) is 4.72 Å². The lowest BCUT2D eigenvalue weighted by Gasteiger charge is -2.24. The minimum atomic E-state index is -4.45. The first-order valence-electron chi connectivity index (χ1n) is 9.63. The van der Waals surface area contributed by atoms with Crippen molar-refractivity contribution in [1.82, 2.24) is 10.0 Å². The molecule has 0 fully saturated rings. The number of carbonyl (C=O) groups excluding carboxylic acids is 3. The van der Waals surface area contributed by atoms with E-state index in [1.54, 1.807) is 44.2 Å². The second-order valence-corrected chi connectivity index (χ2v) is 8.93. The standard InChI is InChI=1S/C21H24FN3O6S/c1-13(2)18(19(26)24-21(23)28)31-20(27)16(12-14-8-4-3-5-9-14)25-32(29,30)17-11-7-6-10-15(17)22/h3-11,13,16,18,25H,12H2,1-2H3,(H3,23,24,26,28)/t16-,18-/m0/s1. The molecule has 2 atom stereocenters. The van der Waals surface area contributed by atoms with Gasteiger partial charge in [0, 0.05) is 0 Å². The smallest absolute Gasteiger partial charge is 0.325 e. The Morgan fingerprint density at radius 1 is 1.03 bits per heavy atom. The number of halogens is 1. The molecule has 32 heavy (non-hydrogen) atoms. The lowest BCUT2D eigenvalue weighted by molar-refractivity contribution is -0.159. The summed E-state index contributed by atoms with van der Waals surface area (Å²) < 4.78 is 47.0. The zero-order chi connectivity index (χ0) is 23.9. The molecule has 0 aliphatic rings. The van der Waals surface area contributed by atoms with Gasteiger partial charge in [0.1, 0.15) is 16.8 Å². The fraction of sp³-hybridized carbons (Fsp3) is 0.286. The van der Waals surface area contributed by atoms with Gasteiger partial charge in [0.2, 0.25) is 10.0 Å². The van der Waals surface area contributed by atoms with Gasteiger partial charge in [0.25, 0.3) is 5.91 Å². The number of nitrogens with two attached hydrogens (primary N) is 1. The molecule has 0 aliphatic heterocycles. The van der Waals surface area contributed by atoms with E-state index in [1.807, 2.05) is 5.32 Å². The number of ether oxygens (including phenoxy) is 1. The van der Waals surface area contributed by atoms with Crippen molar-refractivity contribution >= 4 is 27.9 Å². The second kappa shape index (κ2) is 10.8. The van der Waals surface area contributed by atoms with Gasteiger partial charge in [-0.15, -0.1) is 0 Å². The minimum absolute atomic E-state index is 0.129. The average Bonchev–Trinajstić information content (AvgIpc) is 2.71. The normalized spacial score (nSPS) is 13.2. The maximum Gasteiger partial charge on any atom is 0.325 e. The van der Waals surface area contributed by atoms with E-state index in [1.165, 1.54) is 12.1 Å². The molecule has 3 amide bonds. The molecule has 0 heterocycles. The van der Waals surface area contributed by atoms with Gasteiger partial charge < -0.3 is 10.5 Å². The van der Waals surface area contributed by atoms with Crippen LogP contribution in [0.4, 0.5) is 9.18 Å². The molecule has 2 aromatic carbocycles. The molecule has 0 bridgehead atoms. The van der Waals surface area contributed by atoms with Gasteiger partial charge in [0.05, 0.1) is 0 Å². The van der Waals surface area contributed by atoms with Crippen molar-refractivity contribution < 1.29 is 31.9 Å². The summed E-state index contributed by atoms with van der Waals surface area (Å²) in [7, 11) is -4.45. The van der Waals surface area contributed by atoms with Crippen LogP contribution in [0.2, 0.25) is 0 Å². The summed E-state index contributed by atoms with van der Waals surface area (Å²) in [5.41, 5.74) is 5.54. The molecule has 0 unspecified atom stereocenters. The summed E-state index contributed by atoms with van der Waals surface area (Å²) >= 11 is 0. The fourth-order valence-corrected chi connectivity index (χ4v) is 4.09. The third kappa shape index (κ3) is 6.86. The van der Waals surface area contributed by atoms with Gasteiger partial charge in [0.15, 0.2) is 6.10 Å². The lowest BCUT2D eigenvalue weighted by atomic mass is 10.1. The monoisotopic (exact) mass is 465 g/mol. The maximum absolute atomic E-state index is 14.1. The highest BCUT2D eigenvalue weighted by Gasteiger charge is 2.34. The van der Waals surface area contributed by atoms with Crippen LogP contribution in [-0.4, -0.2) is 38.5 Å². The van der Waals surface area contributed by atoms with Crippen molar-refractivity contribution in [3.8, 4) is 0 Å². The highest BCUT2D eigenvalue weighted by atomic mass is 32.2. The minimum Gasteiger partial charge on any atom is -0.451 e. The molecule has 172 valence electrons. The van der Waals surface area contributed by atoms with Crippen LogP contribution in [-0.2, 0) is 30.8 Å². The number of esters is 1. The Morgan fingerprint density at radius 3 is 2.19 bits per heavy atom. The Hall–Kier alpha value is -3.31. The Bertz CT molecular complexity index is 1080. The number of carbonyl (C=O) groups is 3. The van der Waals surface area contributed by atoms with Crippen LogP contribution < -0.4 is 15.8 Å². The molecule has 0 radical (unpaired) electrons. The topological polar surface area (TPSA) is 145 Å². The summed E-state index contributed by atoms with van der Waals surface area (Å²) in [4.78, 5) is 35.4. The fourth-order valence-electron chi connectivity index (χ4n) is 2.83. The summed E-state index contributed by atoms with van der Waals surface area (Å²) in [5.74, 6) is -3.57. The van der Waals surface area contributed by atoms with E-state index >= 15 is 0 Å². The zero-order valence-electron chi connectivity index (χ0n) is 17.4. The Labute approximate surface area is 185 Å². The van der Waals surface area contributed by atoms with Crippen molar-refractivity contribution in [2.24, 2.45) is 11.7 Å². The van der Waals surface area contributed by atoms with Crippen LogP contribution in [0.1, 0.15) is 19.4 Å². The van der Waals surface area contributed by atoms with Crippen LogP contribution in [0.3, 0.4) is 0 Å². The van der Waals surface area contributed by atoms with Crippen molar-refractivity contribution in [1.29, 1.82) is 0 Å². The summed E-state index contributed by atoms with van der Waals surface area (Å²) in [6, 6.07) is 10.5. The lowest BCUT2D eigenvalue weighted by Crippen LogP contribution is -2.49. The van der Waals surface area contributed by atoms with E-state index in [9.17, 15) is 27.2 Å². The molecule has 0 saturated carbocycles. The Kier molecular flexibility index (Phi) is 8.44. The van der Waals surface area contributed by atoms with Crippen molar-refractivity contribution in [2.75, 3.05) is 0 Å². The molecule has 0 aromatic heterocycles. The van der Waals surface area contributed by atoms with E-state index < -0.39 is 56.7 Å². The number of imide groups is 1. The van der Waals surface area contributed by atoms with Crippen LogP contribution in [0, 0.1) is 11.7 Å². The first kappa shape index (κ1) is 25.0. The predicted molar refractivity (Wildman–Crippen MR) is 113 cm³/mol. The molecule has 2 rings (SSSR count). The molecular weight excluding hydrogens is 441 g/mol. The highest BCUT2D eigenvalue weighted by molar-refractivity contribution is 7.89. The highest BCUT2D eigenvalue weighted by Crippen LogP contribution is 2.17. The van der Waals surface area contributed by atoms with Crippen molar-refractivity contribution in [3.63, 3.8) is 0 Å². The first-order valence-corrected chi connectivity index (χ1v) is 11.1. The molecule has 0 spiro atoms. The molecular formula is C21H24FN3O6S. The number of hydrogen-bond acceptors (Lipinski definition) is 6. The number of rotatable bonds is 9. The molecule has 0 aliphatic carbocycles. The van der Waals surface area contributed by atoms with E-state index in [4.69, 9.17) is 10.5 Å². The third-order valence-electron chi connectivity index (χ3n) is 4.34. The summed E-state index contributed by atoms with van der Waals surface area (Å²) in [5, 5.41) is 1.83. The zero-order valence-corrected chi connectivity index (χ0v) is 18.3. The van der Waals surface area contributed by atoms with Gasteiger partial charge in [-0.25, -0.2) is 17.6 Å². The molecule has 11 heteroatoms. The largest absolute Gasteiger partial charge is 0.451 e. The van der Waals surface area contributed by atoms with Crippen LogP contribution in [0.15, 0.2) is 59.5 Å². The number of nitrogens with one attached hydrogen (secondary N) is 2.